The topological polar surface area (TPSA) is 21.3 Å². The molecule has 0 spiro atoms. The van der Waals surface area contributed by atoms with Gasteiger partial charge in [0.2, 0.25) is 0 Å². The van der Waals surface area contributed by atoms with Crippen LogP contribution in [0.2, 0.25) is 10.0 Å². The smallest absolute Gasteiger partial charge is 0.0580 e. The van der Waals surface area contributed by atoms with Crippen molar-refractivity contribution in [1.82, 2.24) is 5.32 Å². The minimum atomic E-state index is 0.263. The molecule has 0 saturated heterocycles. The first-order valence-corrected chi connectivity index (χ1v) is 7.63. The van der Waals surface area contributed by atoms with Crippen LogP contribution in [0.15, 0.2) is 18.2 Å². The number of ether oxygens (including phenoxy) is 1. The van der Waals surface area contributed by atoms with E-state index in [0.717, 1.165) is 41.5 Å². The Morgan fingerprint density at radius 3 is 2.74 bits per heavy atom. The normalized spacial score (nSPS) is 24.0. The summed E-state index contributed by atoms with van der Waals surface area (Å²) in [6.07, 6.45) is 3.86. The van der Waals surface area contributed by atoms with Crippen LogP contribution in [0.4, 0.5) is 0 Å². The predicted molar refractivity (Wildman–Crippen MR) is 81.0 cm³/mol. The van der Waals surface area contributed by atoms with Crippen molar-refractivity contribution in [3.63, 3.8) is 0 Å². The van der Waals surface area contributed by atoms with Crippen LogP contribution in [0.1, 0.15) is 37.8 Å². The minimum Gasteiger partial charge on any atom is -0.378 e. The molecule has 0 aromatic heterocycles. The van der Waals surface area contributed by atoms with E-state index >= 15 is 0 Å². The largest absolute Gasteiger partial charge is 0.378 e. The van der Waals surface area contributed by atoms with Gasteiger partial charge in [0.15, 0.2) is 0 Å². The van der Waals surface area contributed by atoms with Crippen molar-refractivity contribution in [2.45, 2.75) is 38.3 Å². The SMILES string of the molecule is CCOC1CC(CC(NC)c2cc(Cl)ccc2Cl)C1. The van der Waals surface area contributed by atoms with Gasteiger partial charge in [-0.3, -0.25) is 0 Å². The van der Waals surface area contributed by atoms with Gasteiger partial charge in [-0.15, -0.1) is 0 Å². The molecule has 1 saturated carbocycles. The van der Waals surface area contributed by atoms with E-state index in [2.05, 4.69) is 12.2 Å². The average molecular weight is 302 g/mol. The molecule has 1 unspecified atom stereocenters. The van der Waals surface area contributed by atoms with E-state index in [9.17, 15) is 0 Å². The maximum Gasteiger partial charge on any atom is 0.0580 e. The van der Waals surface area contributed by atoms with E-state index in [1.807, 2.05) is 25.2 Å². The van der Waals surface area contributed by atoms with Crippen molar-refractivity contribution in [3.8, 4) is 0 Å². The molecule has 106 valence electrons. The van der Waals surface area contributed by atoms with Crippen molar-refractivity contribution >= 4 is 23.2 Å². The van der Waals surface area contributed by atoms with Crippen molar-refractivity contribution in [2.75, 3.05) is 13.7 Å². The molecule has 4 heteroatoms. The minimum absolute atomic E-state index is 0.263. The third-order valence-corrected chi connectivity index (χ3v) is 4.43. The molecule has 0 amide bonds. The molecular formula is C15H21Cl2NO. The summed E-state index contributed by atoms with van der Waals surface area (Å²) in [6, 6.07) is 5.92. The van der Waals surface area contributed by atoms with Crippen molar-refractivity contribution in [2.24, 2.45) is 5.92 Å². The Labute approximate surface area is 125 Å². The Hall–Kier alpha value is -0.280. The Kier molecular flexibility index (Phi) is 5.52. The highest BCUT2D eigenvalue weighted by atomic mass is 35.5. The Bertz CT molecular complexity index is 419. The predicted octanol–water partition coefficient (Wildman–Crippen LogP) is 4.46. The molecule has 0 bridgehead atoms. The van der Waals surface area contributed by atoms with Gasteiger partial charge < -0.3 is 10.1 Å². The fraction of sp³-hybridized carbons (Fsp3) is 0.600. The van der Waals surface area contributed by atoms with Crippen LogP contribution in [0, 0.1) is 5.92 Å². The maximum atomic E-state index is 6.27. The lowest BCUT2D eigenvalue weighted by molar-refractivity contribution is -0.0289. The zero-order valence-corrected chi connectivity index (χ0v) is 13.0. The molecule has 1 aliphatic carbocycles. The third kappa shape index (κ3) is 3.85. The van der Waals surface area contributed by atoms with E-state index in [4.69, 9.17) is 27.9 Å². The number of hydrogen-bond acceptors (Lipinski definition) is 2. The number of hydrogen-bond donors (Lipinski definition) is 1. The number of benzene rings is 1. The van der Waals surface area contributed by atoms with E-state index in [0.29, 0.717) is 12.0 Å². The van der Waals surface area contributed by atoms with Crippen LogP contribution in [0.3, 0.4) is 0 Å². The molecule has 1 aliphatic rings. The Morgan fingerprint density at radius 1 is 1.37 bits per heavy atom. The second-order valence-electron chi connectivity index (χ2n) is 5.16. The number of nitrogens with one attached hydrogen (secondary N) is 1. The lowest BCUT2D eigenvalue weighted by Gasteiger charge is -2.37. The van der Waals surface area contributed by atoms with E-state index < -0.39 is 0 Å². The van der Waals surface area contributed by atoms with E-state index in [1.165, 1.54) is 0 Å². The van der Waals surface area contributed by atoms with Crippen LogP contribution in [0.5, 0.6) is 0 Å². The zero-order chi connectivity index (χ0) is 13.8. The molecule has 1 aromatic carbocycles. The van der Waals surface area contributed by atoms with Gasteiger partial charge in [0.05, 0.1) is 6.10 Å². The van der Waals surface area contributed by atoms with E-state index in [-0.39, 0.29) is 6.04 Å². The van der Waals surface area contributed by atoms with Gasteiger partial charge in [0.25, 0.3) is 0 Å². The summed E-state index contributed by atoms with van der Waals surface area (Å²) in [5, 5.41) is 4.87. The summed E-state index contributed by atoms with van der Waals surface area (Å²) in [4.78, 5) is 0. The Morgan fingerprint density at radius 2 is 2.11 bits per heavy atom. The number of rotatable bonds is 6. The lowest BCUT2D eigenvalue weighted by Crippen LogP contribution is -2.34. The second-order valence-corrected chi connectivity index (χ2v) is 6.00. The lowest BCUT2D eigenvalue weighted by atomic mass is 9.77. The zero-order valence-electron chi connectivity index (χ0n) is 11.5. The van der Waals surface area contributed by atoms with Crippen molar-refractivity contribution in [3.05, 3.63) is 33.8 Å². The highest BCUT2D eigenvalue weighted by Gasteiger charge is 2.31. The first-order valence-electron chi connectivity index (χ1n) is 6.87. The molecule has 2 nitrogen and oxygen atoms in total. The summed E-state index contributed by atoms with van der Waals surface area (Å²) in [7, 11) is 1.97. The number of halogens is 2. The van der Waals surface area contributed by atoms with Gasteiger partial charge in [0, 0.05) is 22.7 Å². The molecule has 19 heavy (non-hydrogen) atoms. The summed E-state index contributed by atoms with van der Waals surface area (Å²) in [5.74, 6) is 0.712. The molecule has 2 rings (SSSR count). The molecule has 1 fully saturated rings. The first-order chi connectivity index (χ1) is 9.13. The van der Waals surface area contributed by atoms with Crippen molar-refractivity contribution in [1.29, 1.82) is 0 Å². The standard InChI is InChI=1S/C15H21Cl2NO/c1-3-19-12-6-10(7-12)8-15(18-2)13-9-11(16)4-5-14(13)17/h4-5,9-10,12,15,18H,3,6-8H2,1-2H3. The van der Waals surface area contributed by atoms with Gasteiger partial charge in [0.1, 0.15) is 0 Å². The van der Waals surface area contributed by atoms with Crippen LogP contribution in [-0.2, 0) is 4.74 Å². The summed E-state index contributed by atoms with van der Waals surface area (Å²) in [5.41, 5.74) is 1.09. The Balaban J connectivity index is 1.95. The van der Waals surface area contributed by atoms with Gasteiger partial charge >= 0.3 is 0 Å². The fourth-order valence-corrected chi connectivity index (χ4v) is 3.18. The third-order valence-electron chi connectivity index (χ3n) is 3.85. The maximum absolute atomic E-state index is 6.27. The highest BCUT2D eigenvalue weighted by Crippen LogP contribution is 2.38. The molecule has 1 aromatic rings. The molecule has 0 aliphatic heterocycles. The van der Waals surface area contributed by atoms with Gasteiger partial charge in [-0.25, -0.2) is 0 Å². The quantitative estimate of drug-likeness (QED) is 0.837. The summed E-state index contributed by atoms with van der Waals surface area (Å²) >= 11 is 12.3. The summed E-state index contributed by atoms with van der Waals surface area (Å²) in [6.45, 7) is 2.86. The molecule has 1 N–H and O–H groups in total. The highest BCUT2D eigenvalue weighted by molar-refractivity contribution is 6.33. The van der Waals surface area contributed by atoms with Gasteiger partial charge in [-0.2, -0.15) is 0 Å². The van der Waals surface area contributed by atoms with Gasteiger partial charge in [-0.1, -0.05) is 23.2 Å². The van der Waals surface area contributed by atoms with Crippen LogP contribution in [-0.4, -0.2) is 19.8 Å². The second kappa shape index (κ2) is 6.94. The molecular weight excluding hydrogens is 281 g/mol. The fourth-order valence-electron chi connectivity index (χ4n) is 2.75. The van der Waals surface area contributed by atoms with Crippen LogP contribution < -0.4 is 5.32 Å². The molecule has 0 radical (unpaired) electrons. The van der Waals surface area contributed by atoms with Gasteiger partial charge in [-0.05, 0) is 62.9 Å². The monoisotopic (exact) mass is 301 g/mol. The first kappa shape index (κ1) is 15.1. The molecule has 1 atom stereocenters. The average Bonchev–Trinajstić information content (AvgIpc) is 2.35. The van der Waals surface area contributed by atoms with Crippen LogP contribution >= 0.6 is 23.2 Å². The van der Waals surface area contributed by atoms with Crippen LogP contribution in [0.25, 0.3) is 0 Å². The van der Waals surface area contributed by atoms with E-state index in [1.54, 1.807) is 0 Å². The van der Waals surface area contributed by atoms with Crippen molar-refractivity contribution < 1.29 is 4.74 Å². The molecule has 0 heterocycles. The summed E-state index contributed by atoms with van der Waals surface area (Å²) < 4.78 is 5.60.